The van der Waals surface area contributed by atoms with E-state index in [2.05, 4.69) is 10.3 Å². The molecule has 8 heteroatoms. The molecule has 1 atom stereocenters. The lowest BCUT2D eigenvalue weighted by Gasteiger charge is -2.14. The molecule has 5 nitrogen and oxygen atoms in total. The lowest BCUT2D eigenvalue weighted by atomic mass is 10.1. The molecular formula is C18H17Cl3N2O3. The van der Waals surface area contributed by atoms with Crippen LogP contribution < -0.4 is 5.32 Å². The number of nitrogens with one attached hydrogen (secondary N) is 1. The summed E-state index contributed by atoms with van der Waals surface area (Å²) in [5, 5.41) is 2.80. The SMILES string of the molecule is CC(CCc1ccccc1)NC(=O)COC(=O)c1ncc(Cl)c(Cl)c1Cl. The number of esters is 1. The Morgan fingerprint density at radius 3 is 2.54 bits per heavy atom. The Bertz CT molecular complexity index is 785. The van der Waals surface area contributed by atoms with Crippen LogP contribution in [0.4, 0.5) is 0 Å². The van der Waals surface area contributed by atoms with Crippen molar-refractivity contribution in [2.24, 2.45) is 0 Å². The van der Waals surface area contributed by atoms with Gasteiger partial charge in [-0.25, -0.2) is 9.78 Å². The van der Waals surface area contributed by atoms with E-state index in [9.17, 15) is 9.59 Å². The molecule has 0 saturated heterocycles. The number of halogens is 3. The third kappa shape index (κ3) is 5.87. The van der Waals surface area contributed by atoms with E-state index in [1.165, 1.54) is 11.8 Å². The van der Waals surface area contributed by atoms with Gasteiger partial charge in [0.25, 0.3) is 5.91 Å². The van der Waals surface area contributed by atoms with Gasteiger partial charge in [-0.2, -0.15) is 0 Å². The minimum absolute atomic E-state index is 0.00858. The molecule has 1 aromatic carbocycles. The van der Waals surface area contributed by atoms with Crippen LogP contribution in [-0.2, 0) is 16.0 Å². The Morgan fingerprint density at radius 2 is 1.85 bits per heavy atom. The quantitative estimate of drug-likeness (QED) is 0.683. The van der Waals surface area contributed by atoms with Crippen molar-refractivity contribution in [1.29, 1.82) is 0 Å². The standard InChI is InChI=1S/C18H17Cl3N2O3/c1-11(7-8-12-5-3-2-4-6-12)23-14(24)10-26-18(25)17-16(21)15(20)13(19)9-22-17/h2-6,9,11H,7-8,10H2,1H3,(H,23,24). The number of nitrogens with zero attached hydrogens (tertiary/aromatic N) is 1. The fourth-order valence-electron chi connectivity index (χ4n) is 2.20. The lowest BCUT2D eigenvalue weighted by Crippen LogP contribution is -2.36. The van der Waals surface area contributed by atoms with Gasteiger partial charge in [0.05, 0.1) is 15.1 Å². The number of benzene rings is 1. The van der Waals surface area contributed by atoms with Gasteiger partial charge in [0.15, 0.2) is 12.3 Å². The second-order valence-corrected chi connectivity index (χ2v) is 6.81. The van der Waals surface area contributed by atoms with E-state index in [0.29, 0.717) is 0 Å². The number of ether oxygens (including phenoxy) is 1. The van der Waals surface area contributed by atoms with Gasteiger partial charge in [-0.05, 0) is 25.3 Å². The van der Waals surface area contributed by atoms with Crippen molar-refractivity contribution in [1.82, 2.24) is 10.3 Å². The number of aromatic nitrogens is 1. The molecule has 0 spiro atoms. The van der Waals surface area contributed by atoms with E-state index >= 15 is 0 Å². The van der Waals surface area contributed by atoms with Crippen molar-refractivity contribution in [3.8, 4) is 0 Å². The Kier molecular flexibility index (Phi) is 7.69. The highest BCUT2D eigenvalue weighted by atomic mass is 35.5. The number of carbonyl (C=O) groups excluding carboxylic acids is 2. The van der Waals surface area contributed by atoms with E-state index in [4.69, 9.17) is 39.5 Å². The summed E-state index contributed by atoms with van der Waals surface area (Å²) in [5.74, 6) is -1.25. The molecule has 1 amide bonds. The molecule has 0 aliphatic heterocycles. The third-order valence-electron chi connectivity index (χ3n) is 3.56. The van der Waals surface area contributed by atoms with Gasteiger partial charge < -0.3 is 10.1 Å². The summed E-state index contributed by atoms with van der Waals surface area (Å²) in [4.78, 5) is 27.7. The van der Waals surface area contributed by atoms with Gasteiger partial charge in [0.2, 0.25) is 0 Å². The van der Waals surface area contributed by atoms with Gasteiger partial charge in [-0.1, -0.05) is 65.1 Å². The number of rotatable bonds is 7. The molecule has 1 unspecified atom stereocenters. The Labute approximate surface area is 166 Å². The fraction of sp³-hybridized carbons (Fsp3) is 0.278. The van der Waals surface area contributed by atoms with Crippen molar-refractivity contribution in [3.05, 3.63) is 62.9 Å². The maximum Gasteiger partial charge on any atom is 0.359 e. The second kappa shape index (κ2) is 9.76. The number of amides is 1. The molecule has 0 fully saturated rings. The van der Waals surface area contributed by atoms with Crippen LogP contribution in [0.5, 0.6) is 0 Å². The van der Waals surface area contributed by atoms with E-state index in [1.54, 1.807) is 0 Å². The van der Waals surface area contributed by atoms with Crippen molar-refractivity contribution >= 4 is 46.7 Å². The molecule has 1 aromatic heterocycles. The largest absolute Gasteiger partial charge is 0.451 e. The van der Waals surface area contributed by atoms with Gasteiger partial charge in [-0.3, -0.25) is 4.79 Å². The smallest absolute Gasteiger partial charge is 0.359 e. The predicted molar refractivity (Wildman–Crippen MR) is 102 cm³/mol. The lowest BCUT2D eigenvalue weighted by molar-refractivity contribution is -0.124. The summed E-state index contributed by atoms with van der Waals surface area (Å²) in [6, 6.07) is 9.90. The highest BCUT2D eigenvalue weighted by Crippen LogP contribution is 2.31. The van der Waals surface area contributed by atoms with Crippen LogP contribution in [0.3, 0.4) is 0 Å². The van der Waals surface area contributed by atoms with Crippen LogP contribution in [0.15, 0.2) is 36.5 Å². The molecule has 1 heterocycles. The number of hydrogen-bond donors (Lipinski definition) is 1. The Hall–Kier alpha value is -1.82. The average Bonchev–Trinajstić information content (AvgIpc) is 2.63. The van der Waals surface area contributed by atoms with E-state index in [-0.39, 0.29) is 26.8 Å². The third-order valence-corrected chi connectivity index (χ3v) is 4.80. The van der Waals surface area contributed by atoms with Gasteiger partial charge in [-0.15, -0.1) is 0 Å². The summed E-state index contributed by atoms with van der Waals surface area (Å²) in [5.41, 5.74) is 1.01. The number of carbonyl (C=O) groups is 2. The molecule has 2 aromatic rings. The van der Waals surface area contributed by atoms with Crippen LogP contribution in [-0.4, -0.2) is 29.5 Å². The molecular weight excluding hydrogens is 399 g/mol. The molecule has 0 radical (unpaired) electrons. The first-order chi connectivity index (χ1) is 12.4. The highest BCUT2D eigenvalue weighted by Gasteiger charge is 2.19. The second-order valence-electron chi connectivity index (χ2n) is 5.65. The first kappa shape index (κ1) is 20.5. The van der Waals surface area contributed by atoms with E-state index in [1.807, 2.05) is 37.3 Å². The first-order valence-electron chi connectivity index (χ1n) is 7.88. The van der Waals surface area contributed by atoms with Crippen LogP contribution >= 0.6 is 34.8 Å². The number of aryl methyl sites for hydroxylation is 1. The molecule has 138 valence electrons. The van der Waals surface area contributed by atoms with Crippen molar-refractivity contribution < 1.29 is 14.3 Å². The normalized spacial score (nSPS) is 11.7. The minimum atomic E-state index is -0.847. The summed E-state index contributed by atoms with van der Waals surface area (Å²) < 4.78 is 4.93. The van der Waals surface area contributed by atoms with Gasteiger partial charge >= 0.3 is 5.97 Å². The zero-order valence-electron chi connectivity index (χ0n) is 14.0. The number of hydrogen-bond acceptors (Lipinski definition) is 4. The molecule has 1 N–H and O–H groups in total. The van der Waals surface area contributed by atoms with Crippen molar-refractivity contribution in [2.45, 2.75) is 25.8 Å². The Morgan fingerprint density at radius 1 is 1.15 bits per heavy atom. The highest BCUT2D eigenvalue weighted by molar-refractivity contribution is 6.48. The molecule has 0 aliphatic carbocycles. The Balaban J connectivity index is 1.79. The van der Waals surface area contributed by atoms with E-state index in [0.717, 1.165) is 12.8 Å². The topological polar surface area (TPSA) is 68.3 Å². The van der Waals surface area contributed by atoms with Crippen LogP contribution in [0, 0.1) is 0 Å². The fourth-order valence-corrected chi connectivity index (χ4v) is 2.76. The predicted octanol–water partition coefficient (Wildman–Crippen LogP) is 4.34. The minimum Gasteiger partial charge on any atom is -0.451 e. The molecule has 26 heavy (non-hydrogen) atoms. The molecule has 0 aliphatic rings. The summed E-state index contributed by atoms with van der Waals surface area (Å²) in [7, 11) is 0. The van der Waals surface area contributed by atoms with Crippen LogP contribution in [0.1, 0.15) is 29.4 Å². The monoisotopic (exact) mass is 414 g/mol. The average molecular weight is 416 g/mol. The van der Waals surface area contributed by atoms with E-state index < -0.39 is 18.5 Å². The zero-order chi connectivity index (χ0) is 19.1. The van der Waals surface area contributed by atoms with Gasteiger partial charge in [0.1, 0.15) is 0 Å². The first-order valence-corrected chi connectivity index (χ1v) is 9.01. The van der Waals surface area contributed by atoms with Gasteiger partial charge in [0, 0.05) is 12.2 Å². The maximum atomic E-state index is 12.0. The number of pyridine rings is 1. The summed E-state index contributed by atoms with van der Waals surface area (Å²) in [6.07, 6.45) is 2.80. The molecule has 0 saturated carbocycles. The summed E-state index contributed by atoms with van der Waals surface area (Å²) in [6.45, 7) is 1.45. The van der Waals surface area contributed by atoms with Crippen LogP contribution in [0.2, 0.25) is 15.1 Å². The zero-order valence-corrected chi connectivity index (χ0v) is 16.2. The molecule has 0 bridgehead atoms. The molecule has 2 rings (SSSR count). The van der Waals surface area contributed by atoms with Crippen LogP contribution in [0.25, 0.3) is 0 Å². The van der Waals surface area contributed by atoms with Crippen molar-refractivity contribution in [3.63, 3.8) is 0 Å². The van der Waals surface area contributed by atoms with Crippen molar-refractivity contribution in [2.75, 3.05) is 6.61 Å². The summed E-state index contributed by atoms with van der Waals surface area (Å²) >= 11 is 17.5. The maximum absolute atomic E-state index is 12.0.